The highest BCUT2D eigenvalue weighted by Gasteiger charge is 2.38. The van der Waals surface area contributed by atoms with E-state index in [4.69, 9.17) is 11.5 Å². The van der Waals surface area contributed by atoms with E-state index in [2.05, 4.69) is 15.6 Å². The average molecular weight is 543 g/mol. The van der Waals surface area contributed by atoms with Gasteiger partial charge < -0.3 is 37.1 Å². The molecule has 2 aromatic rings. The number of unbranched alkanes of at least 4 members (excludes halogenated alkanes) is 1. The van der Waals surface area contributed by atoms with Gasteiger partial charge in [-0.15, -0.1) is 0 Å². The molecule has 0 saturated carbocycles. The van der Waals surface area contributed by atoms with Gasteiger partial charge in [0.05, 0.1) is 6.04 Å². The van der Waals surface area contributed by atoms with Gasteiger partial charge in [-0.05, 0) is 62.6 Å². The van der Waals surface area contributed by atoms with Gasteiger partial charge in [0.1, 0.15) is 18.1 Å². The van der Waals surface area contributed by atoms with E-state index < -0.39 is 42.0 Å². The van der Waals surface area contributed by atoms with Crippen molar-refractivity contribution in [2.24, 2.45) is 17.4 Å². The Balaban J connectivity index is 1.68. The lowest BCUT2D eigenvalue weighted by Gasteiger charge is -2.29. The number of likely N-dealkylation sites (tertiary alicyclic amines) is 1. The molecule has 1 aliphatic rings. The number of carboxylic acid groups (broad SMARTS) is 1. The first-order valence-electron chi connectivity index (χ1n) is 13.8. The number of carboxylic acids is 1. The topological polar surface area (TPSA) is 184 Å². The van der Waals surface area contributed by atoms with E-state index in [1.54, 1.807) is 6.92 Å². The zero-order valence-electron chi connectivity index (χ0n) is 22.8. The fraction of sp³-hybridized carbons (Fsp3) is 0.571. The Bertz CT molecular complexity index is 1150. The molecule has 214 valence electrons. The molecule has 0 spiro atoms. The zero-order valence-corrected chi connectivity index (χ0v) is 22.8. The lowest BCUT2D eigenvalue weighted by atomic mass is 9.98. The molecule has 5 unspecified atom stereocenters. The first kappa shape index (κ1) is 30.1. The van der Waals surface area contributed by atoms with Gasteiger partial charge in [0.2, 0.25) is 17.7 Å². The number of aliphatic carboxylic acids is 1. The van der Waals surface area contributed by atoms with Crippen LogP contribution in [0.5, 0.6) is 0 Å². The van der Waals surface area contributed by atoms with Gasteiger partial charge in [-0.2, -0.15) is 0 Å². The van der Waals surface area contributed by atoms with Crippen LogP contribution in [0.1, 0.15) is 57.9 Å². The smallest absolute Gasteiger partial charge is 0.326 e. The molecule has 11 heteroatoms. The third-order valence-corrected chi connectivity index (χ3v) is 7.63. The third-order valence-electron chi connectivity index (χ3n) is 7.63. The Hall–Kier alpha value is -3.44. The Labute approximate surface area is 229 Å². The number of aromatic amines is 1. The Kier molecular flexibility index (Phi) is 10.9. The zero-order chi connectivity index (χ0) is 28.5. The van der Waals surface area contributed by atoms with E-state index in [0.717, 1.165) is 16.5 Å². The number of fused-ring (bicyclic) bond motifs is 1. The van der Waals surface area contributed by atoms with E-state index in [0.29, 0.717) is 58.0 Å². The first-order valence-corrected chi connectivity index (χ1v) is 13.8. The molecule has 5 atom stereocenters. The quantitative estimate of drug-likeness (QED) is 0.194. The number of nitrogens with zero attached hydrogens (tertiary/aromatic N) is 1. The van der Waals surface area contributed by atoms with Gasteiger partial charge in [0.15, 0.2) is 0 Å². The molecule has 2 heterocycles. The maximum absolute atomic E-state index is 13.4. The summed E-state index contributed by atoms with van der Waals surface area (Å²) in [5, 5.41) is 16.0. The van der Waals surface area contributed by atoms with E-state index in [-0.39, 0.29) is 11.8 Å². The number of para-hydroxylation sites is 1. The molecular weight excluding hydrogens is 500 g/mol. The number of H-pyrrole nitrogens is 1. The molecule has 11 nitrogen and oxygen atoms in total. The number of nitrogens with two attached hydrogens (primary N) is 2. The van der Waals surface area contributed by atoms with Crippen LogP contribution in [-0.4, -0.2) is 75.9 Å². The minimum absolute atomic E-state index is 0.284. The van der Waals surface area contributed by atoms with Crippen LogP contribution >= 0.6 is 0 Å². The van der Waals surface area contributed by atoms with Crippen molar-refractivity contribution in [1.82, 2.24) is 20.5 Å². The fourth-order valence-electron chi connectivity index (χ4n) is 5.11. The largest absolute Gasteiger partial charge is 0.480 e. The van der Waals surface area contributed by atoms with Crippen LogP contribution in [0.3, 0.4) is 0 Å². The van der Waals surface area contributed by atoms with Crippen LogP contribution in [0.15, 0.2) is 30.5 Å². The number of carbonyl (C=O) groups is 4. The maximum atomic E-state index is 13.4. The van der Waals surface area contributed by atoms with Crippen molar-refractivity contribution < 1.29 is 24.3 Å². The number of hydrogen-bond acceptors (Lipinski definition) is 6. The van der Waals surface area contributed by atoms with Gasteiger partial charge >= 0.3 is 5.97 Å². The minimum Gasteiger partial charge on any atom is -0.480 e. The number of rotatable bonds is 14. The van der Waals surface area contributed by atoms with Crippen LogP contribution in [0.2, 0.25) is 0 Å². The third kappa shape index (κ3) is 7.57. The normalized spacial score (nSPS) is 18.4. The summed E-state index contributed by atoms with van der Waals surface area (Å²) in [4.78, 5) is 56.2. The van der Waals surface area contributed by atoms with Gasteiger partial charge in [-0.3, -0.25) is 14.4 Å². The standard InChI is InChI=1S/C28H42N6O5/c1-3-17(2)24(28(38)39)33-25(35)22(11-6-7-13-29)32-26(36)23-12-8-14-34(23)27(37)20(30)15-18-16-31-21-10-5-4-9-19(18)21/h4-5,9-10,16-17,20,22-24,31H,3,6-8,11-15,29-30H2,1-2H3,(H,32,36)(H,33,35)(H,38,39). The average Bonchev–Trinajstić information content (AvgIpc) is 3.58. The summed E-state index contributed by atoms with van der Waals surface area (Å²) in [5.41, 5.74) is 13.8. The number of nitrogens with one attached hydrogen (secondary N) is 3. The van der Waals surface area contributed by atoms with Crippen LogP contribution < -0.4 is 22.1 Å². The lowest BCUT2D eigenvalue weighted by Crippen LogP contribution is -2.57. The first-order chi connectivity index (χ1) is 18.7. The summed E-state index contributed by atoms with van der Waals surface area (Å²) in [6.45, 7) is 4.44. The number of amides is 3. The molecule has 1 saturated heterocycles. The van der Waals surface area contributed by atoms with Crippen LogP contribution in [0.25, 0.3) is 10.9 Å². The second kappa shape index (κ2) is 14.1. The molecule has 3 rings (SSSR count). The SMILES string of the molecule is CCC(C)C(NC(=O)C(CCCCN)NC(=O)C1CCCN1C(=O)C(N)Cc1c[nH]c2ccccc12)C(=O)O. The summed E-state index contributed by atoms with van der Waals surface area (Å²) in [5.74, 6) is -2.72. The molecule has 3 amide bonds. The van der Waals surface area contributed by atoms with Gasteiger partial charge in [-0.25, -0.2) is 4.79 Å². The van der Waals surface area contributed by atoms with E-state index in [1.807, 2.05) is 37.4 Å². The van der Waals surface area contributed by atoms with Crippen molar-refractivity contribution >= 4 is 34.6 Å². The highest BCUT2D eigenvalue weighted by atomic mass is 16.4. The van der Waals surface area contributed by atoms with Crippen LogP contribution in [-0.2, 0) is 25.6 Å². The Morgan fingerprint density at radius 1 is 1.18 bits per heavy atom. The summed E-state index contributed by atoms with van der Waals surface area (Å²) >= 11 is 0. The molecule has 1 aromatic carbocycles. The molecule has 1 fully saturated rings. The number of aromatic nitrogens is 1. The summed E-state index contributed by atoms with van der Waals surface area (Å²) in [6, 6.07) is 4.20. The molecule has 39 heavy (non-hydrogen) atoms. The summed E-state index contributed by atoms with van der Waals surface area (Å²) < 4.78 is 0. The molecule has 0 aliphatic carbocycles. The minimum atomic E-state index is -1.12. The summed E-state index contributed by atoms with van der Waals surface area (Å²) in [7, 11) is 0. The van der Waals surface area contributed by atoms with Crippen molar-refractivity contribution in [3.05, 3.63) is 36.0 Å². The predicted octanol–water partition coefficient (Wildman–Crippen LogP) is 1.26. The molecule has 0 bridgehead atoms. The Morgan fingerprint density at radius 2 is 1.92 bits per heavy atom. The van der Waals surface area contributed by atoms with Crippen molar-refractivity contribution in [3.8, 4) is 0 Å². The van der Waals surface area contributed by atoms with Crippen molar-refractivity contribution in [1.29, 1.82) is 0 Å². The molecule has 0 radical (unpaired) electrons. The molecular formula is C28H42N6O5. The maximum Gasteiger partial charge on any atom is 0.326 e. The van der Waals surface area contributed by atoms with E-state index >= 15 is 0 Å². The molecule has 1 aromatic heterocycles. The van der Waals surface area contributed by atoms with Gasteiger partial charge in [-0.1, -0.05) is 38.5 Å². The van der Waals surface area contributed by atoms with E-state index in [9.17, 15) is 24.3 Å². The number of benzene rings is 1. The van der Waals surface area contributed by atoms with Crippen molar-refractivity contribution in [2.75, 3.05) is 13.1 Å². The predicted molar refractivity (Wildman–Crippen MR) is 149 cm³/mol. The fourth-order valence-corrected chi connectivity index (χ4v) is 5.11. The highest BCUT2D eigenvalue weighted by Crippen LogP contribution is 2.22. The highest BCUT2D eigenvalue weighted by molar-refractivity contribution is 5.94. The second-order valence-corrected chi connectivity index (χ2v) is 10.4. The monoisotopic (exact) mass is 542 g/mol. The molecule has 8 N–H and O–H groups in total. The van der Waals surface area contributed by atoms with E-state index in [1.165, 1.54) is 4.90 Å². The Morgan fingerprint density at radius 3 is 2.62 bits per heavy atom. The lowest BCUT2D eigenvalue weighted by molar-refractivity contribution is -0.144. The van der Waals surface area contributed by atoms with Crippen LogP contribution in [0.4, 0.5) is 0 Å². The van der Waals surface area contributed by atoms with Crippen LogP contribution in [0, 0.1) is 5.92 Å². The van der Waals surface area contributed by atoms with Crippen molar-refractivity contribution in [2.45, 2.75) is 83.0 Å². The number of carbonyl (C=O) groups excluding carboxylic acids is 3. The van der Waals surface area contributed by atoms with Crippen molar-refractivity contribution in [3.63, 3.8) is 0 Å². The number of hydrogen-bond donors (Lipinski definition) is 6. The molecule has 1 aliphatic heterocycles. The second-order valence-electron chi connectivity index (χ2n) is 10.4. The van der Waals surface area contributed by atoms with Gasteiger partial charge in [0, 0.05) is 23.6 Å². The summed E-state index contributed by atoms with van der Waals surface area (Å²) in [6.07, 6.45) is 5.39. The van der Waals surface area contributed by atoms with Gasteiger partial charge in [0.25, 0.3) is 0 Å².